The van der Waals surface area contributed by atoms with Crippen molar-refractivity contribution in [3.05, 3.63) is 64.7 Å². The molecule has 0 aliphatic rings. The predicted octanol–water partition coefficient (Wildman–Crippen LogP) is 3.05. The SMILES string of the molecule is N#Cc1ccc(N=Nc2c(-c3ccncc3)[nH][nH]c2=O)cc1. The van der Waals surface area contributed by atoms with Crippen LogP contribution in [-0.2, 0) is 0 Å². The number of aromatic nitrogens is 3. The van der Waals surface area contributed by atoms with Crippen molar-refractivity contribution in [1.82, 2.24) is 15.2 Å². The third-order valence-electron chi connectivity index (χ3n) is 2.98. The van der Waals surface area contributed by atoms with Gasteiger partial charge in [-0.15, -0.1) is 5.11 Å². The van der Waals surface area contributed by atoms with Crippen LogP contribution >= 0.6 is 0 Å². The number of hydrogen-bond acceptors (Lipinski definition) is 5. The van der Waals surface area contributed by atoms with E-state index in [9.17, 15) is 4.79 Å². The molecule has 0 aliphatic carbocycles. The van der Waals surface area contributed by atoms with Gasteiger partial charge in [0.2, 0.25) is 0 Å². The van der Waals surface area contributed by atoms with Crippen LogP contribution in [-0.4, -0.2) is 15.2 Å². The van der Waals surface area contributed by atoms with Gasteiger partial charge in [0.05, 0.1) is 23.0 Å². The van der Waals surface area contributed by atoms with Gasteiger partial charge in [-0.1, -0.05) is 0 Å². The molecular formula is C15H10N6O. The van der Waals surface area contributed by atoms with Crippen LogP contribution in [0.1, 0.15) is 5.56 Å². The van der Waals surface area contributed by atoms with Crippen molar-refractivity contribution >= 4 is 11.4 Å². The molecule has 0 bridgehead atoms. The smallest absolute Gasteiger partial charge is 0.292 e. The van der Waals surface area contributed by atoms with Gasteiger partial charge in [-0.05, 0) is 36.4 Å². The minimum atomic E-state index is -0.357. The molecule has 3 aromatic rings. The maximum atomic E-state index is 11.8. The molecule has 2 heterocycles. The second-order valence-corrected chi connectivity index (χ2v) is 4.40. The van der Waals surface area contributed by atoms with Crippen LogP contribution in [0.4, 0.5) is 11.4 Å². The number of nitrogens with one attached hydrogen (secondary N) is 2. The highest BCUT2D eigenvalue weighted by Gasteiger charge is 2.11. The van der Waals surface area contributed by atoms with E-state index in [-0.39, 0.29) is 11.2 Å². The summed E-state index contributed by atoms with van der Waals surface area (Å²) in [7, 11) is 0. The Morgan fingerprint density at radius 2 is 1.73 bits per heavy atom. The van der Waals surface area contributed by atoms with E-state index in [4.69, 9.17) is 5.26 Å². The van der Waals surface area contributed by atoms with Gasteiger partial charge in [0.25, 0.3) is 5.56 Å². The average molecular weight is 290 g/mol. The maximum Gasteiger partial charge on any atom is 0.292 e. The molecule has 0 amide bonds. The Morgan fingerprint density at radius 1 is 1.00 bits per heavy atom. The van der Waals surface area contributed by atoms with Crippen LogP contribution in [0.3, 0.4) is 0 Å². The molecular weight excluding hydrogens is 280 g/mol. The highest BCUT2D eigenvalue weighted by atomic mass is 16.1. The summed E-state index contributed by atoms with van der Waals surface area (Å²) in [5.74, 6) is 0. The first-order chi connectivity index (χ1) is 10.8. The van der Waals surface area contributed by atoms with Crippen molar-refractivity contribution in [2.75, 3.05) is 0 Å². The molecule has 0 saturated carbocycles. The van der Waals surface area contributed by atoms with E-state index in [0.717, 1.165) is 5.56 Å². The van der Waals surface area contributed by atoms with Crippen molar-refractivity contribution < 1.29 is 0 Å². The van der Waals surface area contributed by atoms with E-state index < -0.39 is 0 Å². The van der Waals surface area contributed by atoms with Crippen molar-refractivity contribution in [2.24, 2.45) is 10.2 Å². The summed E-state index contributed by atoms with van der Waals surface area (Å²) in [5, 5.41) is 22.1. The molecule has 0 fully saturated rings. The molecule has 0 radical (unpaired) electrons. The largest absolute Gasteiger partial charge is 0.295 e. The van der Waals surface area contributed by atoms with Crippen LogP contribution in [0.5, 0.6) is 0 Å². The van der Waals surface area contributed by atoms with Gasteiger partial charge in [0, 0.05) is 18.0 Å². The van der Waals surface area contributed by atoms with Gasteiger partial charge >= 0.3 is 0 Å². The van der Waals surface area contributed by atoms with Gasteiger partial charge < -0.3 is 0 Å². The van der Waals surface area contributed by atoms with Crippen LogP contribution < -0.4 is 5.56 Å². The van der Waals surface area contributed by atoms with Crippen LogP contribution in [0.15, 0.2) is 63.8 Å². The van der Waals surface area contributed by atoms with Crippen LogP contribution in [0.2, 0.25) is 0 Å². The summed E-state index contributed by atoms with van der Waals surface area (Å²) in [6.45, 7) is 0. The highest BCUT2D eigenvalue weighted by Crippen LogP contribution is 2.25. The summed E-state index contributed by atoms with van der Waals surface area (Å²) in [5.41, 5.74) is 2.25. The summed E-state index contributed by atoms with van der Waals surface area (Å²) in [6.07, 6.45) is 3.25. The van der Waals surface area contributed by atoms with E-state index in [1.54, 1.807) is 48.8 Å². The second-order valence-electron chi connectivity index (χ2n) is 4.40. The molecule has 1 aromatic carbocycles. The fraction of sp³-hybridized carbons (Fsp3) is 0. The first-order valence-corrected chi connectivity index (χ1v) is 6.41. The molecule has 0 spiro atoms. The topological polar surface area (TPSA) is 110 Å². The number of hydrogen-bond donors (Lipinski definition) is 2. The van der Waals surface area contributed by atoms with Crippen molar-refractivity contribution in [2.45, 2.75) is 0 Å². The molecule has 0 aliphatic heterocycles. The number of azo groups is 1. The lowest BCUT2D eigenvalue weighted by molar-refractivity contribution is 1.06. The van der Waals surface area contributed by atoms with Gasteiger partial charge in [-0.25, -0.2) is 0 Å². The van der Waals surface area contributed by atoms with Gasteiger partial charge in [0.15, 0.2) is 5.69 Å². The Morgan fingerprint density at radius 3 is 2.41 bits per heavy atom. The van der Waals surface area contributed by atoms with E-state index >= 15 is 0 Å². The van der Waals surface area contributed by atoms with E-state index in [1.165, 1.54) is 0 Å². The summed E-state index contributed by atoms with van der Waals surface area (Å²) in [4.78, 5) is 15.8. The lowest BCUT2D eigenvalue weighted by Crippen LogP contribution is -1.96. The van der Waals surface area contributed by atoms with Crippen molar-refractivity contribution in [3.8, 4) is 17.3 Å². The number of aromatic amines is 2. The van der Waals surface area contributed by atoms with Crippen molar-refractivity contribution in [3.63, 3.8) is 0 Å². The van der Waals surface area contributed by atoms with Crippen molar-refractivity contribution in [1.29, 1.82) is 5.26 Å². The first-order valence-electron chi connectivity index (χ1n) is 6.41. The third-order valence-corrected chi connectivity index (χ3v) is 2.98. The monoisotopic (exact) mass is 290 g/mol. The molecule has 7 heteroatoms. The van der Waals surface area contributed by atoms with Crippen LogP contribution in [0.25, 0.3) is 11.3 Å². The maximum absolute atomic E-state index is 11.8. The Labute approximate surface area is 125 Å². The second kappa shape index (κ2) is 5.85. The predicted molar refractivity (Wildman–Crippen MR) is 80.0 cm³/mol. The zero-order chi connectivity index (χ0) is 15.4. The highest BCUT2D eigenvalue weighted by molar-refractivity contribution is 5.70. The Bertz CT molecular complexity index is 900. The molecule has 106 valence electrons. The standard InChI is InChI=1S/C15H10N6O/c16-9-10-1-3-12(4-2-10)18-20-14-13(19-21-15(14)22)11-5-7-17-8-6-11/h1-8H,(H2,19,21,22). The zero-order valence-corrected chi connectivity index (χ0v) is 11.3. The van der Waals surface area contributed by atoms with Gasteiger partial charge in [-0.2, -0.15) is 10.4 Å². The average Bonchev–Trinajstić information content (AvgIpc) is 2.95. The molecule has 2 N–H and O–H groups in total. The van der Waals surface area contributed by atoms with Crippen LogP contribution in [0, 0.1) is 11.3 Å². The number of H-pyrrole nitrogens is 2. The number of benzene rings is 1. The molecule has 7 nitrogen and oxygen atoms in total. The zero-order valence-electron chi connectivity index (χ0n) is 11.3. The number of pyridine rings is 1. The van der Waals surface area contributed by atoms with E-state index in [2.05, 4.69) is 25.4 Å². The lowest BCUT2D eigenvalue weighted by atomic mass is 10.2. The van der Waals surface area contributed by atoms with Gasteiger partial charge in [-0.3, -0.25) is 20.0 Å². The molecule has 0 saturated heterocycles. The summed E-state index contributed by atoms with van der Waals surface area (Å²) < 4.78 is 0. The normalized spacial score (nSPS) is 10.7. The number of rotatable bonds is 3. The third kappa shape index (κ3) is 2.66. The van der Waals surface area contributed by atoms with E-state index in [1.807, 2.05) is 6.07 Å². The van der Waals surface area contributed by atoms with E-state index in [0.29, 0.717) is 16.9 Å². The quantitative estimate of drug-likeness (QED) is 0.723. The molecule has 22 heavy (non-hydrogen) atoms. The Hall–Kier alpha value is -3.53. The molecule has 2 aromatic heterocycles. The number of nitriles is 1. The minimum Gasteiger partial charge on any atom is -0.295 e. The Balaban J connectivity index is 1.95. The van der Waals surface area contributed by atoms with Gasteiger partial charge in [0.1, 0.15) is 0 Å². The summed E-state index contributed by atoms with van der Waals surface area (Å²) >= 11 is 0. The number of nitrogens with zero attached hydrogens (tertiary/aromatic N) is 4. The fourth-order valence-electron chi connectivity index (χ4n) is 1.88. The first kappa shape index (κ1) is 13.5. The minimum absolute atomic E-state index is 0.190. The summed E-state index contributed by atoms with van der Waals surface area (Å²) in [6, 6.07) is 12.2. The lowest BCUT2D eigenvalue weighted by Gasteiger charge is -1.97. The Kier molecular flexibility index (Phi) is 3.58. The molecule has 0 unspecified atom stereocenters. The fourth-order valence-corrected chi connectivity index (χ4v) is 1.88. The molecule has 3 rings (SSSR count). The molecule has 0 atom stereocenters.